The zero-order valence-corrected chi connectivity index (χ0v) is 12.3. The highest BCUT2D eigenvalue weighted by atomic mass is 16.4. The fourth-order valence-electron chi connectivity index (χ4n) is 2.73. The van der Waals surface area contributed by atoms with Gasteiger partial charge in [-0.1, -0.05) is 18.2 Å². The van der Waals surface area contributed by atoms with Crippen LogP contribution >= 0.6 is 0 Å². The topological polar surface area (TPSA) is 77.1 Å². The van der Waals surface area contributed by atoms with Crippen LogP contribution in [0.2, 0.25) is 0 Å². The molecule has 0 aliphatic heterocycles. The van der Waals surface area contributed by atoms with Crippen LogP contribution < -0.4 is 5.56 Å². The lowest BCUT2D eigenvalue weighted by molar-refractivity contribution is -0.137. The zero-order chi connectivity index (χ0) is 15.9. The van der Waals surface area contributed by atoms with Gasteiger partial charge in [-0.05, 0) is 26.0 Å². The van der Waals surface area contributed by atoms with Gasteiger partial charge in [-0.2, -0.15) is 9.78 Å². The van der Waals surface area contributed by atoms with E-state index in [0.29, 0.717) is 22.2 Å². The molecule has 1 aromatic carbocycles. The Balaban J connectivity index is 2.30. The lowest BCUT2D eigenvalue weighted by Crippen LogP contribution is -2.21. The van der Waals surface area contributed by atoms with Gasteiger partial charge in [0.05, 0.1) is 17.3 Å². The number of hydrogen-bond acceptors (Lipinski definition) is 3. The van der Waals surface area contributed by atoms with E-state index in [1.54, 1.807) is 36.7 Å². The van der Waals surface area contributed by atoms with Gasteiger partial charge < -0.3 is 9.67 Å². The van der Waals surface area contributed by atoms with Gasteiger partial charge in [0.25, 0.3) is 5.56 Å². The summed E-state index contributed by atoms with van der Waals surface area (Å²) < 4.78 is 2.96. The molecular weight excluding hydrogens is 282 g/mol. The third-order valence-electron chi connectivity index (χ3n) is 3.83. The molecule has 22 heavy (non-hydrogen) atoms. The second-order valence-corrected chi connectivity index (χ2v) is 5.14. The number of aliphatic carboxylic acids is 1. The molecule has 0 amide bonds. The molecule has 6 heteroatoms. The SMILES string of the molecule is Cc1c2cnn(-c3ccccc3)c(=O)c2c(C)n1CC(=O)O. The fraction of sp³-hybridized carbons (Fsp3) is 0.188. The van der Waals surface area contributed by atoms with Crippen molar-refractivity contribution in [2.45, 2.75) is 20.4 Å². The summed E-state index contributed by atoms with van der Waals surface area (Å²) in [5.74, 6) is -0.942. The van der Waals surface area contributed by atoms with Crippen molar-refractivity contribution in [2.75, 3.05) is 0 Å². The summed E-state index contributed by atoms with van der Waals surface area (Å²) in [5.41, 5.74) is 1.82. The molecule has 112 valence electrons. The summed E-state index contributed by atoms with van der Waals surface area (Å²) in [4.78, 5) is 23.7. The van der Waals surface area contributed by atoms with Crippen LogP contribution in [0, 0.1) is 13.8 Å². The lowest BCUT2D eigenvalue weighted by atomic mass is 10.2. The second kappa shape index (κ2) is 5.14. The minimum atomic E-state index is -0.942. The molecule has 0 aliphatic carbocycles. The maximum Gasteiger partial charge on any atom is 0.323 e. The predicted octanol–water partition coefficient (Wildman–Crippen LogP) is 1.89. The van der Waals surface area contributed by atoms with Gasteiger partial charge in [0.2, 0.25) is 0 Å². The van der Waals surface area contributed by atoms with Gasteiger partial charge in [-0.15, -0.1) is 0 Å². The second-order valence-electron chi connectivity index (χ2n) is 5.14. The molecule has 2 heterocycles. The number of para-hydroxylation sites is 1. The molecule has 2 aromatic heterocycles. The van der Waals surface area contributed by atoms with Gasteiger partial charge in [-0.3, -0.25) is 9.59 Å². The van der Waals surface area contributed by atoms with Crippen LogP contribution in [0.1, 0.15) is 11.4 Å². The summed E-state index contributed by atoms with van der Waals surface area (Å²) in [7, 11) is 0. The predicted molar refractivity (Wildman–Crippen MR) is 82.4 cm³/mol. The molecule has 0 saturated carbocycles. The Hall–Kier alpha value is -2.89. The van der Waals surface area contributed by atoms with Crippen LogP contribution in [0.15, 0.2) is 41.3 Å². The van der Waals surface area contributed by atoms with E-state index < -0.39 is 5.97 Å². The van der Waals surface area contributed by atoms with E-state index in [-0.39, 0.29) is 12.1 Å². The Morgan fingerprint density at radius 3 is 2.50 bits per heavy atom. The van der Waals surface area contributed by atoms with Gasteiger partial charge in [0, 0.05) is 16.8 Å². The summed E-state index contributed by atoms with van der Waals surface area (Å²) >= 11 is 0. The minimum absolute atomic E-state index is 0.170. The monoisotopic (exact) mass is 297 g/mol. The molecule has 0 bridgehead atoms. The molecule has 0 spiro atoms. The van der Waals surface area contributed by atoms with E-state index in [2.05, 4.69) is 5.10 Å². The first-order valence-electron chi connectivity index (χ1n) is 6.85. The maximum absolute atomic E-state index is 12.7. The third kappa shape index (κ3) is 2.09. The number of carboxylic acids is 1. The van der Waals surface area contributed by atoms with E-state index >= 15 is 0 Å². The molecule has 0 unspecified atom stereocenters. The van der Waals surface area contributed by atoms with Crippen LogP contribution in [0.4, 0.5) is 0 Å². The molecule has 1 N–H and O–H groups in total. The molecule has 0 aliphatic rings. The minimum Gasteiger partial charge on any atom is -0.480 e. The number of benzene rings is 1. The van der Waals surface area contributed by atoms with Crippen molar-refractivity contribution in [1.82, 2.24) is 14.3 Å². The van der Waals surface area contributed by atoms with Crippen LogP contribution in [0.5, 0.6) is 0 Å². The Morgan fingerprint density at radius 2 is 1.86 bits per heavy atom. The lowest BCUT2D eigenvalue weighted by Gasteiger charge is -2.04. The first kappa shape index (κ1) is 14.1. The number of carbonyl (C=O) groups is 1. The highest BCUT2D eigenvalue weighted by Crippen LogP contribution is 2.22. The van der Waals surface area contributed by atoms with Crippen molar-refractivity contribution < 1.29 is 9.90 Å². The van der Waals surface area contributed by atoms with Crippen LogP contribution in [0.3, 0.4) is 0 Å². The summed E-state index contributed by atoms with van der Waals surface area (Å²) in [6, 6.07) is 9.14. The van der Waals surface area contributed by atoms with Crippen molar-refractivity contribution in [1.29, 1.82) is 0 Å². The molecule has 0 fully saturated rings. The number of fused-ring (bicyclic) bond motifs is 1. The summed E-state index contributed by atoms with van der Waals surface area (Å²) in [6.45, 7) is 3.39. The normalized spacial score (nSPS) is 11.0. The molecule has 0 atom stereocenters. The van der Waals surface area contributed by atoms with E-state index in [0.717, 1.165) is 5.69 Å². The van der Waals surface area contributed by atoms with Gasteiger partial charge in [0.15, 0.2) is 0 Å². The highest BCUT2D eigenvalue weighted by molar-refractivity contribution is 5.87. The average molecular weight is 297 g/mol. The number of carboxylic acid groups (broad SMARTS) is 1. The Labute approximate surface area is 126 Å². The molecule has 0 saturated heterocycles. The van der Waals surface area contributed by atoms with E-state index in [4.69, 9.17) is 5.11 Å². The molecule has 6 nitrogen and oxygen atoms in total. The van der Waals surface area contributed by atoms with Gasteiger partial charge in [-0.25, -0.2) is 0 Å². The van der Waals surface area contributed by atoms with Crippen LogP contribution in [0.25, 0.3) is 16.5 Å². The van der Waals surface area contributed by atoms with Crippen molar-refractivity contribution >= 4 is 16.7 Å². The summed E-state index contributed by atoms with van der Waals surface area (Å²) in [6.07, 6.45) is 1.62. The molecule has 3 rings (SSSR count). The van der Waals surface area contributed by atoms with Gasteiger partial charge >= 0.3 is 5.97 Å². The third-order valence-corrected chi connectivity index (χ3v) is 3.83. The first-order valence-corrected chi connectivity index (χ1v) is 6.85. The average Bonchev–Trinajstić information content (AvgIpc) is 2.74. The van der Waals surface area contributed by atoms with Crippen molar-refractivity contribution in [2.24, 2.45) is 0 Å². The van der Waals surface area contributed by atoms with E-state index in [1.807, 2.05) is 18.2 Å². The fourth-order valence-corrected chi connectivity index (χ4v) is 2.73. The number of aromatic nitrogens is 3. The molecule has 0 radical (unpaired) electrons. The maximum atomic E-state index is 12.7. The van der Waals surface area contributed by atoms with E-state index in [1.165, 1.54) is 4.68 Å². The number of nitrogens with zero attached hydrogens (tertiary/aromatic N) is 3. The number of rotatable bonds is 3. The Bertz CT molecular complexity index is 923. The smallest absolute Gasteiger partial charge is 0.323 e. The Kier molecular flexibility index (Phi) is 3.29. The first-order chi connectivity index (χ1) is 10.5. The zero-order valence-electron chi connectivity index (χ0n) is 12.3. The quantitative estimate of drug-likeness (QED) is 0.801. The summed E-state index contributed by atoms with van der Waals surface area (Å²) in [5, 5.41) is 14.4. The van der Waals surface area contributed by atoms with Crippen LogP contribution in [-0.2, 0) is 11.3 Å². The van der Waals surface area contributed by atoms with E-state index in [9.17, 15) is 9.59 Å². The number of aryl methyl sites for hydroxylation is 2. The number of hydrogen-bond donors (Lipinski definition) is 1. The Morgan fingerprint density at radius 1 is 1.18 bits per heavy atom. The van der Waals surface area contributed by atoms with Gasteiger partial charge in [0.1, 0.15) is 6.54 Å². The van der Waals surface area contributed by atoms with Crippen molar-refractivity contribution in [3.8, 4) is 5.69 Å². The van der Waals surface area contributed by atoms with Crippen molar-refractivity contribution in [3.63, 3.8) is 0 Å². The molecule has 3 aromatic rings. The van der Waals surface area contributed by atoms with Crippen LogP contribution in [-0.4, -0.2) is 25.4 Å². The highest BCUT2D eigenvalue weighted by Gasteiger charge is 2.17. The molecular formula is C16H15N3O3. The standard InChI is InChI=1S/C16H15N3O3/c1-10-13-8-17-19(12-6-4-3-5-7-12)16(22)15(13)11(2)18(10)9-14(20)21/h3-8H,9H2,1-2H3,(H,20,21). The largest absolute Gasteiger partial charge is 0.480 e. The van der Waals surface area contributed by atoms with Crippen molar-refractivity contribution in [3.05, 3.63) is 58.3 Å².